The quantitative estimate of drug-likeness (QED) is 0.707. The molecule has 88 valence electrons. The van der Waals surface area contributed by atoms with E-state index in [2.05, 4.69) is 4.74 Å². The first kappa shape index (κ1) is 12.8. The van der Waals surface area contributed by atoms with Crippen molar-refractivity contribution in [2.75, 3.05) is 31.1 Å². The van der Waals surface area contributed by atoms with Crippen LogP contribution in [0.3, 0.4) is 0 Å². The summed E-state index contributed by atoms with van der Waals surface area (Å²) in [6.07, 6.45) is 0. The molecule has 1 saturated heterocycles. The lowest BCUT2D eigenvalue weighted by Gasteiger charge is -2.19. The predicted molar refractivity (Wildman–Crippen MR) is 56.3 cm³/mol. The van der Waals surface area contributed by atoms with Crippen LogP contribution < -0.4 is 0 Å². The van der Waals surface area contributed by atoms with Crippen LogP contribution in [0.1, 0.15) is 0 Å². The van der Waals surface area contributed by atoms with E-state index >= 15 is 0 Å². The maximum atomic E-state index is 11.7. The first-order valence-corrected chi connectivity index (χ1v) is 7.04. The van der Waals surface area contributed by atoms with Gasteiger partial charge < -0.3 is 9.84 Å². The number of sulfonamides is 1. The van der Waals surface area contributed by atoms with Crippen LogP contribution in [0.25, 0.3) is 0 Å². The summed E-state index contributed by atoms with van der Waals surface area (Å²) in [5, 5.41) is 8.82. The van der Waals surface area contributed by atoms with Crippen LogP contribution in [0, 0.1) is 0 Å². The highest BCUT2D eigenvalue weighted by Crippen LogP contribution is 2.24. The van der Waals surface area contributed by atoms with Crippen molar-refractivity contribution in [3.05, 3.63) is 0 Å². The van der Waals surface area contributed by atoms with Gasteiger partial charge in [0.1, 0.15) is 6.04 Å². The van der Waals surface area contributed by atoms with Crippen molar-refractivity contribution in [2.45, 2.75) is 6.04 Å². The van der Waals surface area contributed by atoms with Crippen molar-refractivity contribution in [3.8, 4) is 0 Å². The Kier molecular flexibility index (Phi) is 4.38. The molecule has 0 aliphatic carbocycles. The summed E-state index contributed by atoms with van der Waals surface area (Å²) in [5.41, 5.74) is 0. The molecule has 1 N–H and O–H groups in total. The number of hydrogen-bond donors (Lipinski definition) is 1. The van der Waals surface area contributed by atoms with Crippen molar-refractivity contribution >= 4 is 27.8 Å². The topological polar surface area (TPSA) is 83.9 Å². The lowest BCUT2D eigenvalue weighted by Crippen LogP contribution is -2.43. The third-order valence-corrected chi connectivity index (χ3v) is 4.99. The fraction of sp³-hybridized carbons (Fsp3) is 0.857. The van der Waals surface area contributed by atoms with Gasteiger partial charge in [-0.1, -0.05) is 0 Å². The molecule has 1 heterocycles. The zero-order chi connectivity index (χ0) is 11.5. The fourth-order valence-corrected chi connectivity index (χ4v) is 4.34. The van der Waals surface area contributed by atoms with Crippen molar-refractivity contribution in [2.24, 2.45) is 0 Å². The summed E-state index contributed by atoms with van der Waals surface area (Å²) >= 11 is 1.30. The van der Waals surface area contributed by atoms with Gasteiger partial charge >= 0.3 is 5.97 Å². The molecular weight excluding hydrogens is 242 g/mol. The summed E-state index contributed by atoms with van der Waals surface area (Å²) in [6.45, 7) is 0.0792. The number of carboxylic acids is 1. The van der Waals surface area contributed by atoms with E-state index in [1.54, 1.807) is 0 Å². The van der Waals surface area contributed by atoms with E-state index in [0.29, 0.717) is 5.75 Å². The minimum Gasteiger partial charge on any atom is -0.480 e. The molecule has 1 aliphatic heterocycles. The molecule has 0 unspecified atom stereocenters. The summed E-state index contributed by atoms with van der Waals surface area (Å²) in [4.78, 5) is 10.8. The fourth-order valence-electron chi connectivity index (χ4n) is 1.20. The van der Waals surface area contributed by atoms with Crippen molar-refractivity contribution in [3.63, 3.8) is 0 Å². The molecule has 0 aromatic heterocycles. The molecular formula is C7H13NO5S2. The molecule has 0 radical (unpaired) electrons. The van der Waals surface area contributed by atoms with Gasteiger partial charge in [-0.05, 0) is 0 Å². The molecule has 0 bridgehead atoms. The minimum absolute atomic E-state index is 0.0792. The van der Waals surface area contributed by atoms with E-state index in [4.69, 9.17) is 5.11 Å². The zero-order valence-corrected chi connectivity index (χ0v) is 9.88. The molecule has 1 aliphatic rings. The molecule has 1 rings (SSSR count). The summed E-state index contributed by atoms with van der Waals surface area (Å²) in [6, 6.07) is -0.933. The molecule has 0 aromatic carbocycles. The number of rotatable bonds is 5. The largest absolute Gasteiger partial charge is 0.480 e. The van der Waals surface area contributed by atoms with Gasteiger partial charge in [-0.2, -0.15) is 4.31 Å². The Morgan fingerprint density at radius 2 is 2.33 bits per heavy atom. The average Bonchev–Trinajstić information content (AvgIpc) is 2.63. The molecule has 8 heteroatoms. The SMILES string of the molecule is COCCS(=O)(=O)N1CSC[C@H]1C(=O)O. The molecule has 15 heavy (non-hydrogen) atoms. The molecule has 0 saturated carbocycles. The highest BCUT2D eigenvalue weighted by atomic mass is 32.2. The number of thioether (sulfide) groups is 1. The molecule has 1 fully saturated rings. The Bertz CT molecular complexity index is 328. The third kappa shape index (κ3) is 3.07. The van der Waals surface area contributed by atoms with E-state index in [1.807, 2.05) is 0 Å². The Hall–Kier alpha value is -0.310. The van der Waals surface area contributed by atoms with Gasteiger partial charge in [-0.15, -0.1) is 11.8 Å². The number of carboxylic acid groups (broad SMARTS) is 1. The molecule has 0 aromatic rings. The van der Waals surface area contributed by atoms with Gasteiger partial charge in [0, 0.05) is 12.9 Å². The normalized spacial score (nSPS) is 23.1. The van der Waals surface area contributed by atoms with E-state index in [-0.39, 0.29) is 18.2 Å². The van der Waals surface area contributed by atoms with Crippen LogP contribution in [0.15, 0.2) is 0 Å². The maximum Gasteiger partial charge on any atom is 0.322 e. The number of ether oxygens (including phenoxy) is 1. The molecule has 0 amide bonds. The maximum absolute atomic E-state index is 11.7. The Morgan fingerprint density at radius 3 is 2.87 bits per heavy atom. The van der Waals surface area contributed by atoms with E-state index < -0.39 is 22.0 Å². The van der Waals surface area contributed by atoms with E-state index in [0.717, 1.165) is 4.31 Å². The summed E-state index contributed by atoms with van der Waals surface area (Å²) < 4.78 is 29.1. The Labute approximate surface area is 92.6 Å². The first-order chi connectivity index (χ1) is 6.99. The van der Waals surface area contributed by atoms with Gasteiger partial charge in [0.05, 0.1) is 18.2 Å². The monoisotopic (exact) mass is 255 g/mol. The van der Waals surface area contributed by atoms with Crippen molar-refractivity contribution < 1.29 is 23.1 Å². The molecule has 0 spiro atoms. The second-order valence-electron chi connectivity index (χ2n) is 3.05. The second kappa shape index (κ2) is 5.15. The molecule has 6 nitrogen and oxygen atoms in total. The number of methoxy groups -OCH3 is 1. The lowest BCUT2D eigenvalue weighted by molar-refractivity contribution is -0.140. The number of nitrogens with zero attached hydrogens (tertiary/aromatic N) is 1. The van der Waals surface area contributed by atoms with Gasteiger partial charge in [0.15, 0.2) is 0 Å². The number of hydrogen-bond acceptors (Lipinski definition) is 5. The third-order valence-electron chi connectivity index (χ3n) is 2.03. The number of carbonyl (C=O) groups is 1. The van der Waals surface area contributed by atoms with Crippen molar-refractivity contribution in [1.82, 2.24) is 4.31 Å². The van der Waals surface area contributed by atoms with Crippen LogP contribution in [0.2, 0.25) is 0 Å². The minimum atomic E-state index is -3.51. The van der Waals surface area contributed by atoms with Crippen LogP contribution in [-0.2, 0) is 19.6 Å². The van der Waals surface area contributed by atoms with Crippen LogP contribution >= 0.6 is 11.8 Å². The highest BCUT2D eigenvalue weighted by molar-refractivity contribution is 8.00. The van der Waals surface area contributed by atoms with Gasteiger partial charge in [0.2, 0.25) is 10.0 Å². The standard InChI is InChI=1S/C7H13NO5S2/c1-13-2-3-15(11,12)8-5-14-4-6(8)7(9)10/h6H,2-5H2,1H3,(H,9,10)/t6-/m0/s1. The lowest BCUT2D eigenvalue weighted by atomic mass is 10.4. The first-order valence-electron chi connectivity index (χ1n) is 4.28. The Morgan fingerprint density at radius 1 is 1.67 bits per heavy atom. The highest BCUT2D eigenvalue weighted by Gasteiger charge is 2.38. The smallest absolute Gasteiger partial charge is 0.322 e. The van der Waals surface area contributed by atoms with Gasteiger partial charge in [-0.25, -0.2) is 8.42 Å². The predicted octanol–water partition coefficient (Wildman–Crippen LogP) is -0.578. The Balaban J connectivity index is 2.73. The van der Waals surface area contributed by atoms with E-state index in [1.165, 1.54) is 18.9 Å². The average molecular weight is 255 g/mol. The van der Waals surface area contributed by atoms with E-state index in [9.17, 15) is 13.2 Å². The second-order valence-corrected chi connectivity index (χ2v) is 6.09. The summed E-state index contributed by atoms with van der Waals surface area (Å²) in [5.74, 6) is -0.751. The van der Waals surface area contributed by atoms with Crippen LogP contribution in [0.4, 0.5) is 0 Å². The van der Waals surface area contributed by atoms with Gasteiger partial charge in [-0.3, -0.25) is 4.79 Å². The van der Waals surface area contributed by atoms with Crippen molar-refractivity contribution in [1.29, 1.82) is 0 Å². The van der Waals surface area contributed by atoms with Crippen LogP contribution in [-0.4, -0.2) is 60.9 Å². The summed E-state index contributed by atoms with van der Waals surface area (Å²) in [7, 11) is -2.10. The van der Waals surface area contributed by atoms with Gasteiger partial charge in [0.25, 0.3) is 0 Å². The zero-order valence-electron chi connectivity index (χ0n) is 8.25. The molecule has 1 atom stereocenters. The number of aliphatic carboxylic acids is 1. The van der Waals surface area contributed by atoms with Crippen LogP contribution in [0.5, 0.6) is 0 Å².